The van der Waals surface area contributed by atoms with Crippen molar-refractivity contribution in [2.75, 3.05) is 5.32 Å². The van der Waals surface area contributed by atoms with Crippen LogP contribution >= 0.6 is 0 Å². The summed E-state index contributed by atoms with van der Waals surface area (Å²) < 4.78 is 75.3. The highest BCUT2D eigenvalue weighted by Gasteiger charge is 2.37. The van der Waals surface area contributed by atoms with Crippen LogP contribution in [0.4, 0.5) is 32.0 Å². The molecule has 0 aromatic heterocycles. The minimum atomic E-state index is -5.02. The van der Waals surface area contributed by atoms with Crippen LogP contribution in [0.15, 0.2) is 18.2 Å². The van der Waals surface area contributed by atoms with Gasteiger partial charge in [0.25, 0.3) is 5.91 Å². The topological polar surface area (TPSA) is 46.2 Å². The SMILES string of the molecule is CCC(=O)C(=O)Nc1cc(C(F)(F)F)cc(C(F)(F)F)c1. The van der Waals surface area contributed by atoms with Crippen LogP contribution in [0.5, 0.6) is 0 Å². The molecule has 1 rings (SSSR count). The molecule has 0 heterocycles. The predicted octanol–water partition coefficient (Wildman–Crippen LogP) is 3.64. The predicted molar refractivity (Wildman–Crippen MR) is 60.4 cm³/mol. The Bertz CT molecular complexity index is 530. The second-order valence-corrected chi connectivity index (χ2v) is 4.03. The van der Waals surface area contributed by atoms with Crippen LogP contribution in [-0.2, 0) is 21.9 Å². The summed E-state index contributed by atoms with van der Waals surface area (Å²) >= 11 is 0. The summed E-state index contributed by atoms with van der Waals surface area (Å²) in [5, 5.41) is 1.73. The Balaban J connectivity index is 3.26. The van der Waals surface area contributed by atoms with Gasteiger partial charge in [-0.05, 0) is 18.2 Å². The third-order valence-electron chi connectivity index (χ3n) is 2.42. The van der Waals surface area contributed by atoms with E-state index in [1.165, 1.54) is 6.92 Å². The zero-order chi connectivity index (χ0) is 16.4. The molecule has 0 fully saturated rings. The molecule has 0 bridgehead atoms. The van der Waals surface area contributed by atoms with E-state index in [0.717, 1.165) is 0 Å². The summed E-state index contributed by atoms with van der Waals surface area (Å²) in [6.45, 7) is 1.33. The maximum absolute atomic E-state index is 12.6. The Labute approximate surface area is 114 Å². The van der Waals surface area contributed by atoms with Gasteiger partial charge >= 0.3 is 12.4 Å². The molecule has 0 atom stereocenters. The van der Waals surface area contributed by atoms with Crippen molar-refractivity contribution in [3.63, 3.8) is 0 Å². The van der Waals surface area contributed by atoms with E-state index in [9.17, 15) is 35.9 Å². The van der Waals surface area contributed by atoms with Gasteiger partial charge in [-0.25, -0.2) is 0 Å². The average Bonchev–Trinajstić information content (AvgIpc) is 2.35. The summed E-state index contributed by atoms with van der Waals surface area (Å²) in [6, 6.07) is 0.587. The molecule has 0 aliphatic carbocycles. The van der Waals surface area contributed by atoms with Crippen molar-refractivity contribution >= 4 is 17.4 Å². The lowest BCUT2D eigenvalue weighted by molar-refractivity contribution is -0.143. The largest absolute Gasteiger partial charge is 0.416 e. The van der Waals surface area contributed by atoms with Gasteiger partial charge in [-0.3, -0.25) is 9.59 Å². The molecule has 3 nitrogen and oxygen atoms in total. The van der Waals surface area contributed by atoms with Gasteiger partial charge in [0.2, 0.25) is 5.78 Å². The maximum Gasteiger partial charge on any atom is 0.416 e. The van der Waals surface area contributed by atoms with E-state index in [1.54, 1.807) is 5.32 Å². The summed E-state index contributed by atoms with van der Waals surface area (Å²) in [6.07, 6.45) is -10.3. The van der Waals surface area contributed by atoms with Crippen molar-refractivity contribution in [3.8, 4) is 0 Å². The van der Waals surface area contributed by atoms with E-state index in [0.29, 0.717) is 12.1 Å². The van der Waals surface area contributed by atoms with Crippen LogP contribution in [0.1, 0.15) is 24.5 Å². The Hall–Kier alpha value is -2.06. The Kier molecular flexibility index (Phi) is 4.65. The third-order valence-corrected chi connectivity index (χ3v) is 2.42. The van der Waals surface area contributed by atoms with Crippen LogP contribution in [0, 0.1) is 0 Å². The first kappa shape index (κ1) is 17.0. The van der Waals surface area contributed by atoms with Crippen molar-refractivity contribution in [2.24, 2.45) is 0 Å². The van der Waals surface area contributed by atoms with Gasteiger partial charge in [0.05, 0.1) is 11.1 Å². The Morgan fingerprint density at radius 2 is 1.38 bits per heavy atom. The molecule has 9 heteroatoms. The number of carbonyl (C=O) groups excluding carboxylic acids is 2. The van der Waals surface area contributed by atoms with Gasteiger partial charge in [-0.2, -0.15) is 26.3 Å². The van der Waals surface area contributed by atoms with E-state index in [-0.39, 0.29) is 12.5 Å². The molecule has 0 aliphatic heterocycles. The van der Waals surface area contributed by atoms with Crippen LogP contribution in [0.2, 0.25) is 0 Å². The lowest BCUT2D eigenvalue weighted by atomic mass is 10.1. The van der Waals surface area contributed by atoms with Crippen molar-refractivity contribution in [2.45, 2.75) is 25.7 Å². The number of alkyl halides is 6. The number of nitrogens with one attached hydrogen (secondary N) is 1. The van der Waals surface area contributed by atoms with Crippen LogP contribution < -0.4 is 5.32 Å². The average molecular weight is 313 g/mol. The Morgan fingerprint density at radius 1 is 0.952 bits per heavy atom. The third kappa shape index (κ3) is 4.47. The fourth-order valence-corrected chi connectivity index (χ4v) is 1.39. The molecule has 0 spiro atoms. The van der Waals surface area contributed by atoms with E-state index in [1.807, 2.05) is 0 Å². The van der Waals surface area contributed by atoms with Crippen molar-refractivity contribution in [1.29, 1.82) is 0 Å². The van der Waals surface area contributed by atoms with Gasteiger partial charge in [-0.1, -0.05) is 6.92 Å². The molecule has 0 unspecified atom stereocenters. The molecular formula is C12H9F6NO2. The van der Waals surface area contributed by atoms with E-state index < -0.39 is 40.9 Å². The first-order chi connectivity index (χ1) is 9.45. The molecule has 0 saturated carbocycles. The standard InChI is InChI=1S/C12H9F6NO2/c1-2-9(20)10(21)19-8-4-6(11(13,14)15)3-7(5-8)12(16,17)18/h3-5H,2H2,1H3,(H,19,21). The summed E-state index contributed by atoms with van der Waals surface area (Å²) in [7, 11) is 0. The van der Waals surface area contributed by atoms with Gasteiger partial charge in [0.1, 0.15) is 0 Å². The first-order valence-corrected chi connectivity index (χ1v) is 5.58. The van der Waals surface area contributed by atoms with Crippen molar-refractivity contribution in [1.82, 2.24) is 0 Å². The number of carbonyl (C=O) groups is 2. The number of rotatable bonds is 3. The molecule has 116 valence electrons. The number of benzene rings is 1. The minimum Gasteiger partial charge on any atom is -0.319 e. The molecule has 0 radical (unpaired) electrons. The lowest BCUT2D eigenvalue weighted by Gasteiger charge is -2.14. The smallest absolute Gasteiger partial charge is 0.319 e. The van der Waals surface area contributed by atoms with E-state index in [2.05, 4.69) is 0 Å². The van der Waals surface area contributed by atoms with Gasteiger partial charge < -0.3 is 5.32 Å². The lowest BCUT2D eigenvalue weighted by Crippen LogP contribution is -2.22. The summed E-state index contributed by atoms with van der Waals surface area (Å²) in [5.41, 5.74) is -3.89. The van der Waals surface area contributed by atoms with Crippen molar-refractivity contribution in [3.05, 3.63) is 29.3 Å². The summed E-state index contributed by atoms with van der Waals surface area (Å²) in [5.74, 6) is -2.23. The zero-order valence-electron chi connectivity index (χ0n) is 10.5. The number of hydrogen-bond donors (Lipinski definition) is 1. The number of Topliss-reactive ketones (excluding diaryl/α,β-unsaturated/α-hetero) is 1. The first-order valence-electron chi connectivity index (χ1n) is 5.58. The molecule has 1 amide bonds. The number of ketones is 1. The highest BCUT2D eigenvalue weighted by atomic mass is 19.4. The summed E-state index contributed by atoms with van der Waals surface area (Å²) in [4.78, 5) is 22.3. The number of amides is 1. The van der Waals surface area contributed by atoms with Crippen molar-refractivity contribution < 1.29 is 35.9 Å². The Morgan fingerprint density at radius 3 is 1.71 bits per heavy atom. The fraction of sp³-hybridized carbons (Fsp3) is 0.333. The molecule has 0 aliphatic rings. The quantitative estimate of drug-likeness (QED) is 0.684. The molecule has 21 heavy (non-hydrogen) atoms. The monoisotopic (exact) mass is 313 g/mol. The van der Waals surface area contributed by atoms with Gasteiger partial charge in [0, 0.05) is 12.1 Å². The van der Waals surface area contributed by atoms with E-state index >= 15 is 0 Å². The zero-order valence-corrected chi connectivity index (χ0v) is 10.5. The number of halogens is 6. The second kappa shape index (κ2) is 5.74. The molecule has 1 aromatic rings. The van der Waals surface area contributed by atoms with E-state index in [4.69, 9.17) is 0 Å². The second-order valence-electron chi connectivity index (χ2n) is 4.03. The fourth-order valence-electron chi connectivity index (χ4n) is 1.39. The number of hydrogen-bond acceptors (Lipinski definition) is 2. The van der Waals surface area contributed by atoms with Crippen LogP contribution in [-0.4, -0.2) is 11.7 Å². The van der Waals surface area contributed by atoms with Gasteiger partial charge in [-0.15, -0.1) is 0 Å². The highest BCUT2D eigenvalue weighted by molar-refractivity contribution is 6.40. The highest BCUT2D eigenvalue weighted by Crippen LogP contribution is 2.37. The molecule has 1 N–H and O–H groups in total. The van der Waals surface area contributed by atoms with Gasteiger partial charge in [0.15, 0.2) is 0 Å². The maximum atomic E-state index is 12.6. The minimum absolute atomic E-state index is 0.0721. The van der Waals surface area contributed by atoms with Crippen LogP contribution in [0.25, 0.3) is 0 Å². The normalized spacial score (nSPS) is 12.1. The molecule has 0 saturated heterocycles. The number of anilines is 1. The van der Waals surface area contributed by atoms with Crippen LogP contribution in [0.3, 0.4) is 0 Å². The molecular weight excluding hydrogens is 304 g/mol. The molecule has 1 aromatic carbocycles.